The summed E-state index contributed by atoms with van der Waals surface area (Å²) in [5.74, 6) is 0.824. The molecule has 0 saturated carbocycles. The van der Waals surface area contributed by atoms with Gasteiger partial charge < -0.3 is 33.8 Å². The molecule has 0 amide bonds. The Kier molecular flexibility index (Phi) is 9.73. The van der Waals surface area contributed by atoms with Gasteiger partial charge in [0, 0.05) is 6.54 Å². The zero-order valence-electron chi connectivity index (χ0n) is 22.7. The smallest absolute Gasteiger partial charge is 0.496 e. The van der Waals surface area contributed by atoms with Crippen LogP contribution in [0, 0.1) is 13.8 Å². The van der Waals surface area contributed by atoms with Gasteiger partial charge >= 0.3 is 13.8 Å². The number of H-pyrrole nitrogens is 1. The number of methoxy groups -OCH3 is 1. The minimum absolute atomic E-state index is 0.0331. The van der Waals surface area contributed by atoms with Crippen molar-refractivity contribution in [1.29, 1.82) is 0 Å². The number of imidazole rings is 1. The van der Waals surface area contributed by atoms with Crippen LogP contribution in [-0.4, -0.2) is 52.5 Å². The van der Waals surface area contributed by atoms with Gasteiger partial charge in [-0.1, -0.05) is 29.8 Å². The van der Waals surface area contributed by atoms with Gasteiger partial charge in [-0.25, -0.2) is 9.78 Å². The van der Waals surface area contributed by atoms with Crippen molar-refractivity contribution in [3.8, 4) is 11.5 Å². The Hall–Kier alpha value is -4.23. The minimum atomic E-state index is -3.91. The number of hydrogen-bond donors (Lipinski definition) is 2. The first-order valence-corrected chi connectivity index (χ1v) is 14.1. The fourth-order valence-corrected chi connectivity index (χ4v) is 4.77. The van der Waals surface area contributed by atoms with Crippen molar-refractivity contribution in [3.63, 3.8) is 0 Å². The lowest BCUT2D eigenvalue weighted by molar-refractivity contribution is 0.0154. The third kappa shape index (κ3) is 8.14. The maximum absolute atomic E-state index is 13.5. The largest absolute Gasteiger partial charge is 0.515 e. The maximum Gasteiger partial charge on any atom is 0.515 e. The average Bonchev–Trinajstić information content (AvgIpc) is 3.34. The van der Waals surface area contributed by atoms with Crippen LogP contribution in [0.25, 0.3) is 11.2 Å². The molecule has 41 heavy (non-hydrogen) atoms. The van der Waals surface area contributed by atoms with Crippen LogP contribution in [-0.2, 0) is 36.2 Å². The third-order valence-corrected chi connectivity index (χ3v) is 7.28. The number of aromatic nitrogens is 4. The number of hydrogen-bond acceptors (Lipinski definition) is 12. The van der Waals surface area contributed by atoms with E-state index >= 15 is 0 Å². The van der Waals surface area contributed by atoms with Crippen LogP contribution in [0.3, 0.4) is 0 Å². The van der Waals surface area contributed by atoms with Gasteiger partial charge in [0.15, 0.2) is 11.2 Å². The van der Waals surface area contributed by atoms with E-state index in [0.717, 1.165) is 16.7 Å². The van der Waals surface area contributed by atoms with Gasteiger partial charge in [-0.15, -0.1) is 0 Å². The Morgan fingerprint density at radius 2 is 1.90 bits per heavy atom. The molecule has 0 aliphatic rings. The van der Waals surface area contributed by atoms with E-state index in [2.05, 4.69) is 15.0 Å². The molecule has 0 spiro atoms. The number of carbonyl (C=O) groups is 1. The number of aryl methyl sites for hydroxylation is 2. The number of anilines is 1. The van der Waals surface area contributed by atoms with Crippen molar-refractivity contribution in [2.75, 3.05) is 32.6 Å². The van der Waals surface area contributed by atoms with E-state index in [1.807, 2.05) is 31.2 Å². The molecule has 2 heterocycles. The number of ether oxygens (including phenoxy) is 4. The van der Waals surface area contributed by atoms with Gasteiger partial charge in [0.1, 0.15) is 17.8 Å². The second kappa shape index (κ2) is 13.4. The molecule has 0 aliphatic heterocycles. The summed E-state index contributed by atoms with van der Waals surface area (Å²) in [4.78, 5) is 34.6. The second-order valence-corrected chi connectivity index (χ2v) is 10.8. The molecule has 1 atom stereocenters. The lowest BCUT2D eigenvalue weighted by atomic mass is 10.2. The average molecular weight is 588 g/mol. The van der Waals surface area contributed by atoms with Gasteiger partial charge in [0.05, 0.1) is 26.7 Å². The highest BCUT2D eigenvalue weighted by Gasteiger charge is 2.27. The molecule has 0 saturated heterocycles. The lowest BCUT2D eigenvalue weighted by Gasteiger charge is -2.19. The van der Waals surface area contributed by atoms with Crippen LogP contribution in [0.4, 0.5) is 10.7 Å². The molecular weight excluding hydrogens is 557 g/mol. The van der Waals surface area contributed by atoms with Gasteiger partial charge in [0.2, 0.25) is 12.7 Å². The fraction of sp³-hybridized carbons (Fsp3) is 0.308. The van der Waals surface area contributed by atoms with Crippen LogP contribution >= 0.6 is 7.60 Å². The molecule has 218 valence electrons. The summed E-state index contributed by atoms with van der Waals surface area (Å²) in [6.45, 7) is 3.26. The third-order valence-electron chi connectivity index (χ3n) is 5.76. The quantitative estimate of drug-likeness (QED) is 0.0759. The molecule has 0 fully saturated rings. The summed E-state index contributed by atoms with van der Waals surface area (Å²) >= 11 is 0. The molecule has 2 aromatic heterocycles. The molecule has 0 radical (unpaired) electrons. The Bertz CT molecular complexity index is 1600. The summed E-state index contributed by atoms with van der Waals surface area (Å²) in [7, 11) is -2.38. The highest BCUT2D eigenvalue weighted by molar-refractivity contribution is 7.53. The number of benzene rings is 2. The normalized spacial score (nSPS) is 12.7. The van der Waals surface area contributed by atoms with Gasteiger partial charge in [-0.05, 0) is 43.2 Å². The zero-order valence-corrected chi connectivity index (χ0v) is 23.6. The topological polar surface area (TPSA) is 179 Å². The molecule has 0 bridgehead atoms. The molecule has 4 rings (SSSR count). The summed E-state index contributed by atoms with van der Waals surface area (Å²) in [5.41, 5.74) is 8.14. The van der Waals surface area contributed by atoms with E-state index in [4.69, 9.17) is 33.7 Å². The van der Waals surface area contributed by atoms with E-state index in [0.29, 0.717) is 5.75 Å². The number of fused-ring (bicyclic) bond motifs is 1. The van der Waals surface area contributed by atoms with E-state index < -0.39 is 32.5 Å². The number of nitrogens with one attached hydrogen (secondary N) is 1. The van der Waals surface area contributed by atoms with Crippen LogP contribution in [0.2, 0.25) is 0 Å². The van der Waals surface area contributed by atoms with Crippen molar-refractivity contribution in [2.24, 2.45) is 0 Å². The molecule has 14 nitrogen and oxygen atoms in total. The molecule has 0 aliphatic carbocycles. The number of carbonyl (C=O) groups excluding carboxylic acids is 1. The van der Waals surface area contributed by atoms with Gasteiger partial charge in [-0.2, -0.15) is 4.98 Å². The highest BCUT2D eigenvalue weighted by Crippen LogP contribution is 2.49. The number of nitrogen functional groups attached to an aromatic ring is 1. The van der Waals surface area contributed by atoms with Crippen molar-refractivity contribution in [3.05, 3.63) is 75.8 Å². The Labute approximate surface area is 234 Å². The predicted molar refractivity (Wildman–Crippen MR) is 148 cm³/mol. The van der Waals surface area contributed by atoms with Crippen molar-refractivity contribution >= 4 is 30.9 Å². The van der Waals surface area contributed by atoms with Crippen LogP contribution in [0.1, 0.15) is 16.7 Å². The SMILES string of the molecule is COc1ccc(OC(=O)OCOP(=O)(COCCn2cnc3c(=O)[nH]c(N)nc32)OCc2ccc(C)cc2)cc1C. The first-order valence-electron chi connectivity index (χ1n) is 12.4. The first-order chi connectivity index (χ1) is 19.7. The predicted octanol–water partition coefficient (Wildman–Crippen LogP) is 3.90. The molecule has 2 aromatic carbocycles. The second-order valence-electron chi connectivity index (χ2n) is 8.84. The number of aromatic amines is 1. The Balaban J connectivity index is 1.34. The van der Waals surface area contributed by atoms with Crippen molar-refractivity contribution in [2.45, 2.75) is 27.0 Å². The monoisotopic (exact) mass is 587 g/mol. The molecule has 4 aromatic rings. The summed E-state index contributed by atoms with van der Waals surface area (Å²) in [6.07, 6.45) is -0.0874. The summed E-state index contributed by atoms with van der Waals surface area (Å²) < 4.78 is 46.9. The minimum Gasteiger partial charge on any atom is -0.496 e. The van der Waals surface area contributed by atoms with Crippen LogP contribution < -0.4 is 20.8 Å². The van der Waals surface area contributed by atoms with Crippen LogP contribution in [0.15, 0.2) is 53.6 Å². The van der Waals surface area contributed by atoms with E-state index in [1.54, 1.807) is 29.7 Å². The highest BCUT2D eigenvalue weighted by atomic mass is 31.2. The fourth-order valence-electron chi connectivity index (χ4n) is 3.64. The Morgan fingerprint density at radius 3 is 2.63 bits per heavy atom. The maximum atomic E-state index is 13.5. The standard InChI is InChI=1S/C26H30N5O9P/c1-17-4-6-19(7-5-17)13-38-41(34,39-15-37-26(33)40-20-8-9-21(35-3)18(2)12-20)16-36-11-10-31-14-28-22-23(31)29-25(27)30-24(22)32/h4-9,12,14H,10-11,13,15-16H2,1-3H3,(H3,27,29,30,32). The molecule has 15 heteroatoms. The zero-order chi connectivity index (χ0) is 29.4. The molecule has 1 unspecified atom stereocenters. The first kappa shape index (κ1) is 29.7. The number of nitrogens with two attached hydrogens (primary N) is 1. The van der Waals surface area contributed by atoms with Gasteiger partial charge in [0.25, 0.3) is 5.56 Å². The van der Waals surface area contributed by atoms with Gasteiger partial charge in [-0.3, -0.25) is 18.9 Å². The van der Waals surface area contributed by atoms with E-state index in [1.165, 1.54) is 13.4 Å². The Morgan fingerprint density at radius 1 is 1.12 bits per heavy atom. The van der Waals surface area contributed by atoms with Crippen molar-refractivity contribution < 1.29 is 37.4 Å². The molecule has 3 N–H and O–H groups in total. The number of rotatable bonds is 13. The van der Waals surface area contributed by atoms with Crippen LogP contribution in [0.5, 0.6) is 11.5 Å². The van der Waals surface area contributed by atoms with E-state index in [9.17, 15) is 14.2 Å². The number of nitrogens with zero attached hydrogens (tertiary/aromatic N) is 3. The summed E-state index contributed by atoms with van der Waals surface area (Å²) in [6, 6.07) is 12.2. The van der Waals surface area contributed by atoms with E-state index in [-0.39, 0.29) is 42.6 Å². The lowest BCUT2D eigenvalue weighted by Crippen LogP contribution is -2.15. The summed E-state index contributed by atoms with van der Waals surface area (Å²) in [5, 5.41) is 0. The molecular formula is C26H30N5O9P. The van der Waals surface area contributed by atoms with Crippen molar-refractivity contribution in [1.82, 2.24) is 19.5 Å².